The molecule has 0 radical (unpaired) electrons. The molecule has 0 aliphatic rings. The number of carbonyl (C=O) groups excluding carboxylic acids is 1. The molecule has 1 aromatic rings. The van der Waals surface area contributed by atoms with E-state index in [1.54, 1.807) is 18.5 Å². The molecule has 0 unspecified atom stereocenters. The first kappa shape index (κ1) is 10.8. The van der Waals surface area contributed by atoms with E-state index < -0.39 is 0 Å². The molecular weight excluding hydrogens is 152 g/mol. The predicted octanol–water partition coefficient (Wildman–Crippen LogP) is 1.85. The zero-order valence-electron chi connectivity index (χ0n) is 7.53. The minimum absolute atomic E-state index is 0.343. The Bertz CT molecular complexity index is 166. The summed E-state index contributed by atoms with van der Waals surface area (Å²) in [6.45, 7) is 3.76. The third kappa shape index (κ3) is 6.86. The normalized spacial score (nSPS) is 8.17. The van der Waals surface area contributed by atoms with Crippen LogP contribution in [-0.4, -0.2) is 15.8 Å². The molecule has 0 atom stereocenters. The first-order valence-electron chi connectivity index (χ1n) is 4.02. The summed E-state index contributed by atoms with van der Waals surface area (Å²) in [5.74, 6) is 0.343. The molecule has 3 heteroatoms. The predicted molar refractivity (Wildman–Crippen MR) is 47.6 cm³/mol. The maximum Gasteiger partial charge on any atom is 0.132 e. The van der Waals surface area contributed by atoms with Crippen molar-refractivity contribution in [1.29, 1.82) is 0 Å². The highest BCUT2D eigenvalue weighted by atomic mass is 16.1. The molecular formula is C9H14N2O. The fraction of sp³-hybridized carbons (Fsp3) is 0.444. The van der Waals surface area contributed by atoms with Crippen molar-refractivity contribution in [2.75, 3.05) is 0 Å². The van der Waals surface area contributed by atoms with Crippen molar-refractivity contribution in [3.8, 4) is 0 Å². The fourth-order valence-electron chi connectivity index (χ4n) is 0.503. The Kier molecular flexibility index (Phi) is 7.03. The Labute approximate surface area is 72.9 Å². The lowest BCUT2D eigenvalue weighted by atomic mass is 10.3. The molecule has 0 amide bonds. The van der Waals surface area contributed by atoms with Crippen LogP contribution in [0.25, 0.3) is 0 Å². The molecule has 66 valence electrons. The zero-order chi connectivity index (χ0) is 9.23. The first-order chi connectivity index (χ1) is 5.81. The van der Waals surface area contributed by atoms with Crippen LogP contribution in [0.15, 0.2) is 24.8 Å². The van der Waals surface area contributed by atoms with E-state index in [1.165, 1.54) is 6.33 Å². The second-order valence-electron chi connectivity index (χ2n) is 2.15. The quantitative estimate of drug-likeness (QED) is 0.673. The fourth-order valence-corrected chi connectivity index (χ4v) is 0.503. The number of carbonyl (C=O) groups is 1. The molecule has 0 fully saturated rings. The van der Waals surface area contributed by atoms with Gasteiger partial charge in [-0.05, 0) is 6.07 Å². The standard InChI is InChI=1S/C5H10O.C4H4N2/c1-3-5(6)4-2;1-2-5-4-6-3-1/h3-4H2,1-2H3;1-4H. The topological polar surface area (TPSA) is 42.9 Å². The van der Waals surface area contributed by atoms with Crippen molar-refractivity contribution in [1.82, 2.24) is 9.97 Å². The molecule has 0 aliphatic carbocycles. The monoisotopic (exact) mass is 166 g/mol. The lowest BCUT2D eigenvalue weighted by Crippen LogP contribution is -1.88. The van der Waals surface area contributed by atoms with Gasteiger partial charge in [0.1, 0.15) is 12.1 Å². The molecule has 0 saturated carbocycles. The Morgan fingerprint density at radius 3 is 1.75 bits per heavy atom. The lowest BCUT2D eigenvalue weighted by Gasteiger charge is -1.81. The highest BCUT2D eigenvalue weighted by molar-refractivity contribution is 5.77. The summed E-state index contributed by atoms with van der Waals surface area (Å²) in [5, 5.41) is 0. The second kappa shape index (κ2) is 7.85. The minimum atomic E-state index is 0.343. The summed E-state index contributed by atoms with van der Waals surface area (Å²) in [7, 11) is 0. The highest BCUT2D eigenvalue weighted by Gasteiger charge is 1.86. The summed E-state index contributed by atoms with van der Waals surface area (Å²) < 4.78 is 0. The van der Waals surface area contributed by atoms with Gasteiger partial charge in [0, 0.05) is 25.2 Å². The highest BCUT2D eigenvalue weighted by Crippen LogP contribution is 1.83. The molecule has 0 N–H and O–H groups in total. The Morgan fingerprint density at radius 2 is 1.67 bits per heavy atom. The van der Waals surface area contributed by atoms with Crippen LogP contribution in [-0.2, 0) is 4.79 Å². The van der Waals surface area contributed by atoms with Crippen molar-refractivity contribution in [3.05, 3.63) is 24.8 Å². The van der Waals surface area contributed by atoms with E-state index in [2.05, 4.69) is 9.97 Å². The number of hydrogen-bond acceptors (Lipinski definition) is 3. The minimum Gasteiger partial charge on any atom is -0.300 e. The van der Waals surface area contributed by atoms with Gasteiger partial charge in [0.05, 0.1) is 0 Å². The molecule has 0 aromatic carbocycles. The van der Waals surface area contributed by atoms with E-state index in [4.69, 9.17) is 0 Å². The summed E-state index contributed by atoms with van der Waals surface area (Å²) in [4.78, 5) is 17.5. The molecule has 0 bridgehead atoms. The van der Waals surface area contributed by atoms with Gasteiger partial charge in [-0.3, -0.25) is 4.79 Å². The summed E-state index contributed by atoms with van der Waals surface area (Å²) >= 11 is 0. The van der Waals surface area contributed by atoms with Crippen LogP contribution in [0.5, 0.6) is 0 Å². The van der Waals surface area contributed by atoms with Gasteiger partial charge in [0.25, 0.3) is 0 Å². The van der Waals surface area contributed by atoms with Gasteiger partial charge in [-0.2, -0.15) is 0 Å². The van der Waals surface area contributed by atoms with Crippen molar-refractivity contribution < 1.29 is 4.79 Å². The average Bonchev–Trinajstić information content (AvgIpc) is 2.20. The van der Waals surface area contributed by atoms with E-state index in [0.717, 1.165) is 0 Å². The van der Waals surface area contributed by atoms with Crippen LogP contribution in [0.3, 0.4) is 0 Å². The molecule has 1 aromatic heterocycles. The maximum absolute atomic E-state index is 10.2. The SMILES string of the molecule is CCC(=O)CC.c1cncnc1. The summed E-state index contributed by atoms with van der Waals surface area (Å²) in [5.41, 5.74) is 0. The third-order valence-corrected chi connectivity index (χ3v) is 1.27. The third-order valence-electron chi connectivity index (χ3n) is 1.27. The second-order valence-corrected chi connectivity index (χ2v) is 2.15. The molecule has 0 aliphatic heterocycles. The van der Waals surface area contributed by atoms with E-state index in [9.17, 15) is 4.79 Å². The van der Waals surface area contributed by atoms with Crippen LogP contribution in [0.4, 0.5) is 0 Å². The van der Waals surface area contributed by atoms with Crippen LogP contribution in [0.2, 0.25) is 0 Å². The Balaban J connectivity index is 0.000000202. The van der Waals surface area contributed by atoms with Gasteiger partial charge in [0.15, 0.2) is 0 Å². The lowest BCUT2D eigenvalue weighted by molar-refractivity contribution is -0.118. The van der Waals surface area contributed by atoms with Crippen molar-refractivity contribution in [2.24, 2.45) is 0 Å². The van der Waals surface area contributed by atoms with E-state index in [1.807, 2.05) is 13.8 Å². The largest absolute Gasteiger partial charge is 0.300 e. The van der Waals surface area contributed by atoms with Crippen LogP contribution >= 0.6 is 0 Å². The summed E-state index contributed by atoms with van der Waals surface area (Å²) in [6, 6.07) is 1.78. The molecule has 12 heavy (non-hydrogen) atoms. The molecule has 1 heterocycles. The van der Waals surface area contributed by atoms with Crippen LogP contribution < -0.4 is 0 Å². The number of aromatic nitrogens is 2. The van der Waals surface area contributed by atoms with Crippen molar-refractivity contribution in [3.63, 3.8) is 0 Å². The maximum atomic E-state index is 10.2. The number of ketones is 1. The molecule has 0 spiro atoms. The molecule has 0 saturated heterocycles. The van der Waals surface area contributed by atoms with Crippen molar-refractivity contribution >= 4 is 5.78 Å². The zero-order valence-corrected chi connectivity index (χ0v) is 7.53. The van der Waals surface area contributed by atoms with Gasteiger partial charge < -0.3 is 0 Å². The number of hydrogen-bond donors (Lipinski definition) is 0. The number of nitrogens with zero attached hydrogens (tertiary/aromatic N) is 2. The van der Waals surface area contributed by atoms with E-state index in [-0.39, 0.29) is 0 Å². The van der Waals surface area contributed by atoms with Crippen LogP contribution in [0.1, 0.15) is 26.7 Å². The van der Waals surface area contributed by atoms with Crippen LogP contribution in [0, 0.1) is 0 Å². The smallest absolute Gasteiger partial charge is 0.132 e. The van der Waals surface area contributed by atoms with Gasteiger partial charge in [-0.25, -0.2) is 9.97 Å². The Morgan fingerprint density at radius 1 is 1.17 bits per heavy atom. The average molecular weight is 166 g/mol. The number of Topliss-reactive ketones (excluding diaryl/α,β-unsaturated/α-hetero) is 1. The molecule has 1 rings (SSSR count). The van der Waals surface area contributed by atoms with Crippen molar-refractivity contribution in [2.45, 2.75) is 26.7 Å². The molecule has 3 nitrogen and oxygen atoms in total. The Hall–Kier alpha value is -1.25. The summed E-state index contributed by atoms with van der Waals surface area (Å²) in [6.07, 6.45) is 6.26. The number of rotatable bonds is 2. The van der Waals surface area contributed by atoms with Gasteiger partial charge >= 0.3 is 0 Å². The van der Waals surface area contributed by atoms with Gasteiger partial charge in [0.2, 0.25) is 0 Å². The van der Waals surface area contributed by atoms with E-state index in [0.29, 0.717) is 18.6 Å². The van der Waals surface area contributed by atoms with E-state index >= 15 is 0 Å². The van der Waals surface area contributed by atoms with Gasteiger partial charge in [-0.15, -0.1) is 0 Å². The first-order valence-corrected chi connectivity index (χ1v) is 4.02. The van der Waals surface area contributed by atoms with Gasteiger partial charge in [-0.1, -0.05) is 13.8 Å².